The molecule has 0 bridgehead atoms. The molecule has 1 aliphatic rings. The Hall–Kier alpha value is -2.80. The van der Waals surface area contributed by atoms with Crippen molar-refractivity contribution in [3.05, 3.63) is 59.7 Å². The van der Waals surface area contributed by atoms with E-state index in [0.29, 0.717) is 12.3 Å². The van der Waals surface area contributed by atoms with Gasteiger partial charge in [0.05, 0.1) is 31.6 Å². The first kappa shape index (κ1) is 15.1. The summed E-state index contributed by atoms with van der Waals surface area (Å²) in [5.41, 5.74) is 1.95. The molecule has 1 unspecified atom stereocenters. The summed E-state index contributed by atoms with van der Waals surface area (Å²) >= 11 is 0. The number of ether oxygens (including phenoxy) is 1. The first-order valence-electron chi connectivity index (χ1n) is 7.51. The van der Waals surface area contributed by atoms with E-state index in [0.717, 1.165) is 16.8 Å². The van der Waals surface area contributed by atoms with Gasteiger partial charge in [-0.2, -0.15) is 5.26 Å². The molecule has 0 saturated carbocycles. The number of hydrogen-bond donors (Lipinski definition) is 0. The predicted molar refractivity (Wildman–Crippen MR) is 88.2 cm³/mol. The fraction of sp³-hybridized carbons (Fsp3) is 0.263. The second-order valence-electron chi connectivity index (χ2n) is 5.93. The topological polar surface area (TPSA) is 53.3 Å². The van der Waals surface area contributed by atoms with E-state index in [1.165, 1.54) is 0 Å². The number of nitrogens with zero attached hydrogens (tertiary/aromatic N) is 2. The standard InChI is InChI=1S/C19H18N2O2/c1-19(10-11-20)16-12-15(23-2)8-9-17(16)21(18(19)22)13-14-6-4-3-5-7-14/h3-9,12H,10,13H2,1-2H3. The Labute approximate surface area is 135 Å². The normalized spacial score (nSPS) is 19.3. The van der Waals surface area contributed by atoms with Crippen molar-refractivity contribution in [3.8, 4) is 11.8 Å². The van der Waals surface area contributed by atoms with Gasteiger partial charge in [-0.15, -0.1) is 0 Å². The van der Waals surface area contributed by atoms with Crippen molar-refractivity contribution in [1.29, 1.82) is 5.26 Å². The Bertz CT molecular complexity index is 780. The van der Waals surface area contributed by atoms with E-state index in [9.17, 15) is 10.1 Å². The second kappa shape index (κ2) is 5.77. The molecule has 116 valence electrons. The largest absolute Gasteiger partial charge is 0.497 e. The lowest BCUT2D eigenvalue weighted by molar-refractivity contribution is -0.122. The van der Waals surface area contributed by atoms with Gasteiger partial charge in [0.1, 0.15) is 5.75 Å². The lowest BCUT2D eigenvalue weighted by Crippen LogP contribution is -2.37. The van der Waals surface area contributed by atoms with E-state index in [4.69, 9.17) is 4.74 Å². The van der Waals surface area contributed by atoms with Crippen molar-refractivity contribution >= 4 is 11.6 Å². The van der Waals surface area contributed by atoms with Gasteiger partial charge in [0.25, 0.3) is 0 Å². The Morgan fingerprint density at radius 3 is 2.61 bits per heavy atom. The van der Waals surface area contributed by atoms with E-state index in [1.54, 1.807) is 12.0 Å². The summed E-state index contributed by atoms with van der Waals surface area (Å²) < 4.78 is 5.29. The molecule has 4 heteroatoms. The van der Waals surface area contributed by atoms with Crippen LogP contribution in [0.3, 0.4) is 0 Å². The van der Waals surface area contributed by atoms with Crippen molar-refractivity contribution in [3.63, 3.8) is 0 Å². The molecule has 0 spiro atoms. The van der Waals surface area contributed by atoms with Crippen LogP contribution in [-0.4, -0.2) is 13.0 Å². The number of anilines is 1. The minimum absolute atomic E-state index is 0.0360. The van der Waals surface area contributed by atoms with Gasteiger partial charge in [-0.1, -0.05) is 30.3 Å². The number of rotatable bonds is 4. The zero-order valence-electron chi connectivity index (χ0n) is 13.2. The maximum Gasteiger partial charge on any atom is 0.238 e. The highest BCUT2D eigenvalue weighted by atomic mass is 16.5. The molecule has 1 amide bonds. The molecular formula is C19H18N2O2. The molecule has 0 saturated heterocycles. The number of amides is 1. The summed E-state index contributed by atoms with van der Waals surface area (Å²) in [4.78, 5) is 14.8. The molecule has 0 aliphatic carbocycles. The molecule has 1 atom stereocenters. The highest BCUT2D eigenvalue weighted by molar-refractivity contribution is 6.08. The molecule has 0 N–H and O–H groups in total. The van der Waals surface area contributed by atoms with E-state index < -0.39 is 5.41 Å². The second-order valence-corrected chi connectivity index (χ2v) is 5.93. The van der Waals surface area contributed by atoms with E-state index in [1.807, 2.05) is 55.5 Å². The molecule has 0 aromatic heterocycles. The van der Waals surface area contributed by atoms with Crippen molar-refractivity contribution in [1.82, 2.24) is 0 Å². The van der Waals surface area contributed by atoms with Gasteiger partial charge in [-0.3, -0.25) is 4.79 Å². The number of fused-ring (bicyclic) bond motifs is 1. The summed E-state index contributed by atoms with van der Waals surface area (Å²) in [5.74, 6) is 0.661. The minimum Gasteiger partial charge on any atom is -0.497 e. The summed E-state index contributed by atoms with van der Waals surface area (Å²) in [7, 11) is 1.60. The van der Waals surface area contributed by atoms with Gasteiger partial charge in [-0.05, 0) is 36.2 Å². The summed E-state index contributed by atoms with van der Waals surface area (Å²) in [6.45, 7) is 2.34. The Balaban J connectivity index is 2.07. The van der Waals surface area contributed by atoms with Gasteiger partial charge in [0.15, 0.2) is 0 Å². The van der Waals surface area contributed by atoms with Gasteiger partial charge in [-0.25, -0.2) is 0 Å². The molecule has 0 fully saturated rings. The van der Waals surface area contributed by atoms with Crippen LogP contribution in [0.4, 0.5) is 5.69 Å². The minimum atomic E-state index is -0.826. The predicted octanol–water partition coefficient (Wildman–Crippen LogP) is 3.41. The van der Waals surface area contributed by atoms with Crippen LogP contribution in [0.5, 0.6) is 5.75 Å². The Morgan fingerprint density at radius 1 is 1.22 bits per heavy atom. The third-order valence-electron chi connectivity index (χ3n) is 4.42. The summed E-state index contributed by atoms with van der Waals surface area (Å²) in [6.07, 6.45) is 0.150. The quantitative estimate of drug-likeness (QED) is 0.869. The first-order chi connectivity index (χ1) is 11.1. The van der Waals surface area contributed by atoms with E-state index >= 15 is 0 Å². The van der Waals surface area contributed by atoms with Crippen molar-refractivity contribution < 1.29 is 9.53 Å². The zero-order chi connectivity index (χ0) is 16.4. The number of nitriles is 1. The smallest absolute Gasteiger partial charge is 0.238 e. The van der Waals surface area contributed by atoms with Crippen LogP contribution in [0.25, 0.3) is 0 Å². The van der Waals surface area contributed by atoms with Crippen LogP contribution in [0.1, 0.15) is 24.5 Å². The van der Waals surface area contributed by atoms with Crippen molar-refractivity contribution in [2.24, 2.45) is 0 Å². The van der Waals surface area contributed by atoms with Gasteiger partial charge < -0.3 is 9.64 Å². The number of hydrogen-bond acceptors (Lipinski definition) is 3. The fourth-order valence-corrected chi connectivity index (χ4v) is 3.09. The lowest BCUT2D eigenvalue weighted by atomic mass is 9.81. The molecule has 1 heterocycles. The molecular weight excluding hydrogens is 288 g/mol. The maximum atomic E-state index is 13.0. The molecule has 4 nitrogen and oxygen atoms in total. The molecule has 1 aliphatic heterocycles. The Kier molecular flexibility index (Phi) is 3.79. The third kappa shape index (κ3) is 2.44. The third-order valence-corrected chi connectivity index (χ3v) is 4.42. The van der Waals surface area contributed by atoms with Crippen LogP contribution in [0.2, 0.25) is 0 Å². The molecule has 3 rings (SSSR count). The van der Waals surface area contributed by atoms with Crippen LogP contribution in [-0.2, 0) is 16.8 Å². The average molecular weight is 306 g/mol. The van der Waals surface area contributed by atoms with Crippen LogP contribution in [0.15, 0.2) is 48.5 Å². The van der Waals surface area contributed by atoms with Crippen molar-refractivity contribution in [2.75, 3.05) is 12.0 Å². The highest BCUT2D eigenvalue weighted by Crippen LogP contribution is 2.45. The molecule has 2 aromatic carbocycles. The lowest BCUT2D eigenvalue weighted by Gasteiger charge is -2.22. The van der Waals surface area contributed by atoms with E-state index in [-0.39, 0.29) is 12.3 Å². The molecule has 23 heavy (non-hydrogen) atoms. The maximum absolute atomic E-state index is 13.0. The average Bonchev–Trinajstić information content (AvgIpc) is 2.78. The highest BCUT2D eigenvalue weighted by Gasteiger charge is 2.47. The number of methoxy groups -OCH3 is 1. The number of carbonyl (C=O) groups is 1. The number of benzene rings is 2. The summed E-state index contributed by atoms with van der Waals surface area (Å²) in [6, 6.07) is 17.6. The monoisotopic (exact) mass is 306 g/mol. The fourth-order valence-electron chi connectivity index (χ4n) is 3.09. The van der Waals surface area contributed by atoms with Crippen molar-refractivity contribution in [2.45, 2.75) is 25.3 Å². The Morgan fingerprint density at radius 2 is 1.96 bits per heavy atom. The van der Waals surface area contributed by atoms with Crippen LogP contribution >= 0.6 is 0 Å². The van der Waals surface area contributed by atoms with Crippen LogP contribution in [0, 0.1) is 11.3 Å². The molecule has 0 radical (unpaired) electrons. The zero-order valence-corrected chi connectivity index (χ0v) is 13.2. The number of carbonyl (C=O) groups excluding carboxylic acids is 1. The van der Waals surface area contributed by atoms with Gasteiger partial charge >= 0.3 is 0 Å². The van der Waals surface area contributed by atoms with Gasteiger partial charge in [0, 0.05) is 5.69 Å². The van der Waals surface area contributed by atoms with Gasteiger partial charge in [0.2, 0.25) is 5.91 Å². The summed E-state index contributed by atoms with van der Waals surface area (Å²) in [5, 5.41) is 9.19. The van der Waals surface area contributed by atoms with Crippen LogP contribution < -0.4 is 9.64 Å². The SMILES string of the molecule is COc1ccc2c(c1)C(C)(CC#N)C(=O)N2Cc1ccccc1. The molecule has 2 aromatic rings. The van der Waals surface area contributed by atoms with E-state index in [2.05, 4.69) is 6.07 Å². The first-order valence-corrected chi connectivity index (χ1v) is 7.51.